The van der Waals surface area contributed by atoms with Crippen LogP contribution < -0.4 is 5.32 Å². The van der Waals surface area contributed by atoms with E-state index in [-0.39, 0.29) is 22.8 Å². The number of aromatic nitrogens is 1. The molecule has 0 spiro atoms. The minimum Gasteiger partial charge on any atom is -0.360 e. The monoisotopic (exact) mass is 338 g/mol. The first-order valence-corrected chi connectivity index (χ1v) is 9.17. The van der Waals surface area contributed by atoms with Gasteiger partial charge in [-0.2, -0.15) is 0 Å². The lowest BCUT2D eigenvalue weighted by Crippen LogP contribution is -2.47. The summed E-state index contributed by atoms with van der Waals surface area (Å²) in [6.07, 6.45) is 3.53. The maximum Gasteiger partial charge on any atom is 0.257 e. The van der Waals surface area contributed by atoms with Gasteiger partial charge in [-0.05, 0) is 42.9 Å². The fraction of sp³-hybridized carbons (Fsp3) is 0.524. The summed E-state index contributed by atoms with van der Waals surface area (Å²) in [6, 6.07) is 9.97. The molecule has 0 unspecified atom stereocenters. The topological polar surface area (TPSA) is 55.1 Å². The first-order chi connectivity index (χ1) is 11.8. The highest BCUT2D eigenvalue weighted by molar-refractivity contribution is 6.01. The second kappa shape index (κ2) is 5.45. The van der Waals surface area contributed by atoms with E-state index in [1.807, 2.05) is 30.3 Å². The molecule has 25 heavy (non-hydrogen) atoms. The summed E-state index contributed by atoms with van der Waals surface area (Å²) in [4.78, 5) is 13.1. The molecule has 1 aromatic heterocycles. The summed E-state index contributed by atoms with van der Waals surface area (Å²) in [5, 5.41) is 7.46. The lowest BCUT2D eigenvalue weighted by Gasteiger charge is -2.39. The molecule has 2 aliphatic rings. The average molecular weight is 338 g/mol. The molecule has 4 rings (SSSR count). The number of nitrogens with zero attached hydrogens (tertiary/aromatic N) is 1. The molecule has 2 saturated carbocycles. The average Bonchev–Trinajstić information content (AvgIpc) is 3.14. The third-order valence-electron chi connectivity index (χ3n) is 7.24. The quantitative estimate of drug-likeness (QED) is 0.890. The standard InChI is InChI=1S/C21H26N2O2/c1-13-17(18(23-25-13)14-8-6-5-7-9-14)19(24)22-16-12-15-10-11-21(16,4)20(15,2)3/h5-9,15-16H,10-12H2,1-4H3,(H,22,24)/t15-,16+,21-/m0/s1. The van der Waals surface area contributed by atoms with E-state index in [0.29, 0.717) is 22.9 Å². The molecule has 4 heteroatoms. The minimum atomic E-state index is -0.0628. The van der Waals surface area contributed by atoms with Crippen LogP contribution in [0.2, 0.25) is 0 Å². The van der Waals surface area contributed by atoms with Gasteiger partial charge >= 0.3 is 0 Å². The molecule has 4 nitrogen and oxygen atoms in total. The molecule has 1 amide bonds. The van der Waals surface area contributed by atoms with E-state index in [9.17, 15) is 4.79 Å². The number of amides is 1. The minimum absolute atomic E-state index is 0.0628. The summed E-state index contributed by atoms with van der Waals surface area (Å²) in [5.41, 5.74) is 2.53. The van der Waals surface area contributed by atoms with Crippen molar-refractivity contribution in [1.29, 1.82) is 0 Å². The van der Waals surface area contributed by atoms with E-state index in [0.717, 1.165) is 12.0 Å². The van der Waals surface area contributed by atoms with Crippen molar-refractivity contribution in [3.05, 3.63) is 41.7 Å². The Bertz CT molecular complexity index is 809. The van der Waals surface area contributed by atoms with Gasteiger partial charge in [-0.25, -0.2) is 0 Å². The van der Waals surface area contributed by atoms with Crippen LogP contribution in [0.1, 0.15) is 56.2 Å². The van der Waals surface area contributed by atoms with E-state index in [4.69, 9.17) is 4.52 Å². The molecular formula is C21H26N2O2. The fourth-order valence-electron chi connectivity index (χ4n) is 5.09. The van der Waals surface area contributed by atoms with Crippen molar-refractivity contribution >= 4 is 5.91 Å². The Kier molecular flexibility index (Phi) is 3.57. The van der Waals surface area contributed by atoms with Gasteiger partial charge in [-0.1, -0.05) is 56.3 Å². The van der Waals surface area contributed by atoms with Gasteiger partial charge in [0.05, 0.1) is 0 Å². The predicted octanol–water partition coefficient (Wildman–Crippen LogP) is 4.59. The van der Waals surface area contributed by atoms with Gasteiger partial charge in [-0.3, -0.25) is 4.79 Å². The van der Waals surface area contributed by atoms with Crippen molar-refractivity contribution < 1.29 is 9.32 Å². The third-order valence-corrected chi connectivity index (χ3v) is 7.24. The van der Waals surface area contributed by atoms with Crippen molar-refractivity contribution in [3.8, 4) is 11.3 Å². The number of carbonyl (C=O) groups is 1. The Morgan fingerprint density at radius 3 is 2.56 bits per heavy atom. The van der Waals surface area contributed by atoms with Gasteiger partial charge in [0.25, 0.3) is 5.91 Å². The van der Waals surface area contributed by atoms with Crippen molar-refractivity contribution in [2.45, 2.75) is 53.0 Å². The molecule has 1 N–H and O–H groups in total. The summed E-state index contributed by atoms with van der Waals surface area (Å²) in [6.45, 7) is 8.86. The predicted molar refractivity (Wildman–Crippen MR) is 97.2 cm³/mol. The lowest BCUT2D eigenvalue weighted by molar-refractivity contribution is 0.0825. The van der Waals surface area contributed by atoms with E-state index in [1.54, 1.807) is 6.92 Å². The molecule has 0 radical (unpaired) electrons. The molecule has 132 valence electrons. The van der Waals surface area contributed by atoms with Gasteiger partial charge in [0.15, 0.2) is 0 Å². The Balaban J connectivity index is 1.63. The van der Waals surface area contributed by atoms with Gasteiger partial charge in [0.2, 0.25) is 0 Å². The number of carbonyl (C=O) groups excluding carboxylic acids is 1. The van der Waals surface area contributed by atoms with Gasteiger partial charge < -0.3 is 9.84 Å². The molecule has 1 heterocycles. The van der Waals surface area contributed by atoms with Crippen LogP contribution in [0.4, 0.5) is 0 Å². The summed E-state index contributed by atoms with van der Waals surface area (Å²) < 4.78 is 5.35. The Hall–Kier alpha value is -2.10. The first-order valence-electron chi connectivity index (χ1n) is 9.17. The van der Waals surface area contributed by atoms with Crippen molar-refractivity contribution in [3.63, 3.8) is 0 Å². The maximum absolute atomic E-state index is 13.1. The highest BCUT2D eigenvalue weighted by Gasteiger charge is 2.61. The number of fused-ring (bicyclic) bond motifs is 2. The van der Waals surface area contributed by atoms with Crippen LogP contribution in [0.3, 0.4) is 0 Å². The Morgan fingerprint density at radius 1 is 1.24 bits per heavy atom. The third kappa shape index (κ3) is 2.26. The van der Waals surface area contributed by atoms with Crippen LogP contribution in [0.5, 0.6) is 0 Å². The van der Waals surface area contributed by atoms with Crippen LogP contribution >= 0.6 is 0 Å². The summed E-state index contributed by atoms with van der Waals surface area (Å²) in [7, 11) is 0. The molecule has 2 aliphatic carbocycles. The van der Waals surface area contributed by atoms with E-state index in [2.05, 4.69) is 31.2 Å². The van der Waals surface area contributed by atoms with Crippen LogP contribution in [-0.4, -0.2) is 17.1 Å². The molecule has 1 aromatic carbocycles. The normalized spacial score (nSPS) is 29.8. The first kappa shape index (κ1) is 16.4. The lowest BCUT2D eigenvalue weighted by atomic mass is 9.69. The summed E-state index contributed by atoms with van der Waals surface area (Å²) in [5.74, 6) is 1.20. The molecule has 0 saturated heterocycles. The zero-order valence-electron chi connectivity index (χ0n) is 15.4. The maximum atomic E-state index is 13.1. The smallest absolute Gasteiger partial charge is 0.257 e. The highest BCUT2D eigenvalue weighted by atomic mass is 16.5. The van der Waals surface area contributed by atoms with E-state index < -0.39 is 0 Å². The number of benzene rings is 1. The fourth-order valence-corrected chi connectivity index (χ4v) is 5.09. The Morgan fingerprint density at radius 2 is 1.96 bits per heavy atom. The highest BCUT2D eigenvalue weighted by Crippen LogP contribution is 2.65. The van der Waals surface area contributed by atoms with Crippen LogP contribution in [0, 0.1) is 23.7 Å². The second-order valence-corrected chi connectivity index (χ2v) is 8.46. The number of rotatable bonds is 3. The van der Waals surface area contributed by atoms with Crippen LogP contribution in [0.15, 0.2) is 34.9 Å². The zero-order valence-corrected chi connectivity index (χ0v) is 15.4. The number of aryl methyl sites for hydroxylation is 1. The Labute approximate surface area is 149 Å². The van der Waals surface area contributed by atoms with E-state index in [1.165, 1.54) is 12.8 Å². The summed E-state index contributed by atoms with van der Waals surface area (Å²) >= 11 is 0. The van der Waals surface area contributed by atoms with Crippen molar-refractivity contribution in [1.82, 2.24) is 10.5 Å². The molecular weight excluding hydrogens is 312 g/mol. The largest absolute Gasteiger partial charge is 0.360 e. The van der Waals surface area contributed by atoms with Crippen LogP contribution in [0.25, 0.3) is 11.3 Å². The van der Waals surface area contributed by atoms with Gasteiger partial charge in [-0.15, -0.1) is 0 Å². The molecule has 2 bridgehead atoms. The molecule has 2 fully saturated rings. The number of nitrogens with one attached hydrogen (secondary N) is 1. The molecule has 0 aliphatic heterocycles. The zero-order chi connectivity index (χ0) is 17.8. The number of hydrogen-bond donors (Lipinski definition) is 1. The SMILES string of the molecule is Cc1onc(-c2ccccc2)c1C(=O)N[C@@H]1C[C@@H]2CC[C@]1(C)C2(C)C. The second-order valence-electron chi connectivity index (χ2n) is 8.46. The van der Waals surface area contributed by atoms with Gasteiger partial charge in [0, 0.05) is 11.6 Å². The van der Waals surface area contributed by atoms with Crippen molar-refractivity contribution in [2.75, 3.05) is 0 Å². The molecule has 2 aromatic rings. The number of hydrogen-bond acceptors (Lipinski definition) is 3. The van der Waals surface area contributed by atoms with Gasteiger partial charge in [0.1, 0.15) is 17.0 Å². The van der Waals surface area contributed by atoms with Crippen molar-refractivity contribution in [2.24, 2.45) is 16.7 Å². The van der Waals surface area contributed by atoms with E-state index >= 15 is 0 Å². The van der Waals surface area contributed by atoms with Crippen LogP contribution in [-0.2, 0) is 0 Å². The molecule has 3 atom stereocenters.